The zero-order valence-electron chi connectivity index (χ0n) is 35.6. The molecule has 0 fully saturated rings. The van der Waals surface area contributed by atoms with Crippen LogP contribution in [0.25, 0.3) is 0 Å². The van der Waals surface area contributed by atoms with Gasteiger partial charge in [-0.15, -0.1) is 0 Å². The van der Waals surface area contributed by atoms with Gasteiger partial charge in [0.05, 0.1) is 13.2 Å². The lowest BCUT2D eigenvalue weighted by molar-refractivity contribution is -0.145. The summed E-state index contributed by atoms with van der Waals surface area (Å²) in [7, 11) is 4.04. The molecule has 54 heavy (non-hydrogen) atoms. The molecule has 0 heterocycles. The van der Waals surface area contributed by atoms with Gasteiger partial charge in [0.25, 0.3) is 0 Å². The van der Waals surface area contributed by atoms with Gasteiger partial charge in [-0.2, -0.15) is 0 Å². The van der Waals surface area contributed by atoms with E-state index in [-0.39, 0.29) is 12.6 Å². The van der Waals surface area contributed by atoms with E-state index < -0.39 is 0 Å². The van der Waals surface area contributed by atoms with Crippen molar-refractivity contribution in [2.45, 2.75) is 187 Å². The molecule has 0 N–H and O–H groups in total. The van der Waals surface area contributed by atoms with Gasteiger partial charge in [-0.3, -0.25) is 4.79 Å². The summed E-state index contributed by atoms with van der Waals surface area (Å²) < 4.78 is 18.1. The first kappa shape index (κ1) is 49.2. The molecule has 0 radical (unpaired) electrons. The fourth-order valence-corrected chi connectivity index (χ4v) is 6.20. The first-order valence-corrected chi connectivity index (χ1v) is 22.4. The van der Waals surface area contributed by atoms with Gasteiger partial charge >= 0.3 is 5.97 Å². The van der Waals surface area contributed by atoms with Crippen molar-refractivity contribution in [3.63, 3.8) is 0 Å². The van der Waals surface area contributed by atoms with Gasteiger partial charge in [0, 0.05) is 18.1 Å². The third-order valence-electron chi connectivity index (χ3n) is 9.63. The average Bonchev–Trinajstić information content (AvgIpc) is 3.16. The number of carbonyl (C=O) groups excluding carboxylic acids is 1. The smallest absolute Gasteiger partial charge is 0.306 e. The van der Waals surface area contributed by atoms with E-state index in [0.29, 0.717) is 19.6 Å². The summed E-state index contributed by atoms with van der Waals surface area (Å²) in [6.07, 6.45) is 49.3. The summed E-state index contributed by atoms with van der Waals surface area (Å²) >= 11 is 0. The number of ether oxygens (including phenoxy) is 3. The van der Waals surface area contributed by atoms with Crippen molar-refractivity contribution >= 4 is 5.97 Å². The monoisotopic (exact) mass is 750 g/mol. The lowest BCUT2D eigenvalue weighted by Gasteiger charge is -2.15. The van der Waals surface area contributed by atoms with Crippen LogP contribution in [0.2, 0.25) is 0 Å². The molecular weight excluding hydrogens is 667 g/mol. The van der Waals surface area contributed by atoms with Gasteiger partial charge in [-0.25, -0.2) is 0 Å². The Hall–Kier alpha value is -2.79. The van der Waals surface area contributed by atoms with Crippen molar-refractivity contribution in [3.05, 3.63) is 72.4 Å². The lowest BCUT2D eigenvalue weighted by Crippen LogP contribution is -2.15. The molecule has 0 saturated carbocycles. The van der Waals surface area contributed by atoms with Crippen LogP contribution in [0.4, 0.5) is 0 Å². The van der Waals surface area contributed by atoms with Crippen molar-refractivity contribution in [1.29, 1.82) is 0 Å². The van der Waals surface area contributed by atoms with E-state index in [1.165, 1.54) is 128 Å². The third-order valence-corrected chi connectivity index (χ3v) is 9.63. The summed E-state index contributed by atoms with van der Waals surface area (Å²) in [5.41, 5.74) is 0.900. The fourth-order valence-electron chi connectivity index (χ4n) is 6.20. The summed E-state index contributed by atoms with van der Waals surface area (Å²) in [5, 5.41) is 0. The molecule has 5 nitrogen and oxygen atoms in total. The topological polar surface area (TPSA) is 48.0 Å². The summed E-state index contributed by atoms with van der Waals surface area (Å²) in [6, 6.07) is 5.97. The van der Waals surface area contributed by atoms with Crippen LogP contribution < -0.4 is 9.47 Å². The molecule has 1 aromatic carbocycles. The SMILES string of the molecule is CCCCC/C=C\C/C=C\CCCCCCCCOc1ccc(COC(=O)CCCN(C)C)c(OCCCCCCCC/C=C\C/C=C\CCCCC)c1. The van der Waals surface area contributed by atoms with E-state index in [4.69, 9.17) is 14.2 Å². The number of benzene rings is 1. The molecule has 0 aliphatic heterocycles. The normalized spacial score (nSPS) is 12.0. The predicted molar refractivity (Wildman–Crippen MR) is 234 cm³/mol. The van der Waals surface area contributed by atoms with E-state index >= 15 is 0 Å². The van der Waals surface area contributed by atoms with Crippen LogP contribution in [0.1, 0.15) is 186 Å². The minimum Gasteiger partial charge on any atom is -0.493 e. The molecule has 1 rings (SSSR count). The zero-order chi connectivity index (χ0) is 39.0. The maximum atomic E-state index is 12.4. The number of esters is 1. The molecule has 0 amide bonds. The van der Waals surface area contributed by atoms with Gasteiger partial charge in [-0.05, 0) is 116 Å². The van der Waals surface area contributed by atoms with Gasteiger partial charge in [-0.1, -0.05) is 140 Å². The molecule has 0 aliphatic carbocycles. The highest BCUT2D eigenvalue weighted by Crippen LogP contribution is 2.27. The molecular formula is C49H83NO4. The van der Waals surface area contributed by atoms with E-state index in [0.717, 1.165) is 55.7 Å². The Balaban J connectivity index is 2.32. The summed E-state index contributed by atoms with van der Waals surface area (Å²) in [5.74, 6) is 1.43. The van der Waals surface area contributed by atoms with Gasteiger partial charge in [0.15, 0.2) is 0 Å². The van der Waals surface area contributed by atoms with Crippen molar-refractivity contribution in [2.75, 3.05) is 33.9 Å². The molecule has 0 atom stereocenters. The number of rotatable bonds is 38. The molecule has 0 aliphatic rings. The second-order valence-electron chi connectivity index (χ2n) is 15.2. The van der Waals surface area contributed by atoms with Crippen molar-refractivity contribution < 1.29 is 19.0 Å². The van der Waals surface area contributed by atoms with Crippen LogP contribution in [0.3, 0.4) is 0 Å². The van der Waals surface area contributed by atoms with Crippen LogP contribution in [0.5, 0.6) is 11.5 Å². The number of hydrogen-bond donors (Lipinski definition) is 0. The Labute approximate surface area is 334 Å². The Morgan fingerprint density at radius 3 is 1.52 bits per heavy atom. The van der Waals surface area contributed by atoms with Crippen LogP contribution in [-0.2, 0) is 16.1 Å². The number of nitrogens with zero attached hydrogens (tertiary/aromatic N) is 1. The van der Waals surface area contributed by atoms with Crippen LogP contribution in [-0.4, -0.2) is 44.7 Å². The predicted octanol–water partition coefficient (Wildman–Crippen LogP) is 14.5. The van der Waals surface area contributed by atoms with Crippen LogP contribution >= 0.6 is 0 Å². The largest absolute Gasteiger partial charge is 0.493 e. The van der Waals surface area contributed by atoms with Gasteiger partial charge in [0.2, 0.25) is 0 Å². The molecule has 0 spiro atoms. The number of hydrogen-bond acceptors (Lipinski definition) is 5. The van der Waals surface area contributed by atoms with Gasteiger partial charge in [0.1, 0.15) is 18.1 Å². The Morgan fingerprint density at radius 2 is 1.02 bits per heavy atom. The van der Waals surface area contributed by atoms with Gasteiger partial charge < -0.3 is 19.1 Å². The summed E-state index contributed by atoms with van der Waals surface area (Å²) in [4.78, 5) is 14.5. The van der Waals surface area contributed by atoms with Crippen LogP contribution in [0, 0.1) is 0 Å². The fraction of sp³-hybridized carbons (Fsp3) is 0.694. The molecule has 0 aromatic heterocycles. The Morgan fingerprint density at radius 1 is 0.556 bits per heavy atom. The lowest BCUT2D eigenvalue weighted by atomic mass is 10.1. The minimum absolute atomic E-state index is 0.161. The minimum atomic E-state index is -0.161. The zero-order valence-corrected chi connectivity index (χ0v) is 35.6. The second-order valence-corrected chi connectivity index (χ2v) is 15.2. The van der Waals surface area contributed by atoms with Crippen molar-refractivity contribution in [3.8, 4) is 11.5 Å². The van der Waals surface area contributed by atoms with Crippen molar-refractivity contribution in [2.24, 2.45) is 0 Å². The molecule has 5 heteroatoms. The second kappa shape index (κ2) is 38.5. The molecule has 0 unspecified atom stereocenters. The highest BCUT2D eigenvalue weighted by atomic mass is 16.5. The number of carbonyl (C=O) groups is 1. The van der Waals surface area contributed by atoms with Crippen molar-refractivity contribution in [1.82, 2.24) is 4.90 Å². The maximum Gasteiger partial charge on any atom is 0.306 e. The highest BCUT2D eigenvalue weighted by Gasteiger charge is 2.11. The van der Waals surface area contributed by atoms with Crippen LogP contribution in [0.15, 0.2) is 66.8 Å². The van der Waals surface area contributed by atoms with E-state index in [2.05, 4.69) is 67.4 Å². The standard InChI is InChI=1S/C49H83NO4/c1-5-7-9-11-13-15-17-19-21-23-25-27-29-31-33-35-42-52-47-40-39-46(45-54-49(51)38-37-41-50(3)4)48(44-47)53-43-36-34-32-30-28-26-24-22-20-18-16-14-12-10-8-6-2/h13-16,19-22,39-40,44H,5-12,17-18,23-38,41-43,45H2,1-4H3/b15-13-,16-14-,21-19-,22-20-. The van der Waals surface area contributed by atoms with E-state index in [9.17, 15) is 4.79 Å². The third kappa shape index (κ3) is 32.6. The molecule has 1 aromatic rings. The highest BCUT2D eigenvalue weighted by molar-refractivity contribution is 5.69. The number of unbranched alkanes of at least 4 members (excludes halogenated alkanes) is 18. The molecule has 308 valence electrons. The van der Waals surface area contributed by atoms with E-state index in [1.807, 2.05) is 32.3 Å². The summed E-state index contributed by atoms with van der Waals surface area (Å²) in [6.45, 7) is 6.98. The quantitative estimate of drug-likeness (QED) is 0.0383. The Bertz CT molecular complexity index is 1100. The first-order valence-electron chi connectivity index (χ1n) is 22.4. The maximum absolute atomic E-state index is 12.4. The van der Waals surface area contributed by atoms with E-state index in [1.54, 1.807) is 0 Å². The molecule has 0 saturated heterocycles. The number of allylic oxidation sites excluding steroid dienone is 8. The Kier molecular flexibility index (Phi) is 35.1. The first-order chi connectivity index (χ1) is 26.6. The molecule has 0 bridgehead atoms. The average molecular weight is 750 g/mol.